The van der Waals surface area contributed by atoms with Crippen molar-refractivity contribution in [1.82, 2.24) is 4.57 Å². The molecule has 1 aromatic heterocycles. The van der Waals surface area contributed by atoms with E-state index in [0.717, 1.165) is 6.54 Å². The summed E-state index contributed by atoms with van der Waals surface area (Å²) in [5, 5.41) is 0. The van der Waals surface area contributed by atoms with Gasteiger partial charge in [0.25, 0.3) is 5.82 Å². The van der Waals surface area contributed by atoms with Gasteiger partial charge in [-0.2, -0.15) is 0 Å². The molecular weight excluding hydrogens is 152 g/mol. The highest BCUT2D eigenvalue weighted by molar-refractivity contribution is 4.86. The minimum atomic E-state index is 0.157. The lowest BCUT2D eigenvalue weighted by Crippen LogP contribution is -2.33. The molecule has 1 atom stereocenters. The number of rotatable bonds is 3. The predicted molar refractivity (Wildman–Crippen MR) is 46.7 cm³/mol. The summed E-state index contributed by atoms with van der Waals surface area (Å²) in [7, 11) is 3.77. The molecule has 0 saturated carbocycles. The van der Waals surface area contributed by atoms with Gasteiger partial charge in [0.05, 0.1) is 13.6 Å². The molecule has 12 heavy (non-hydrogen) atoms. The molecule has 0 N–H and O–H groups in total. The minimum absolute atomic E-state index is 0.157. The van der Waals surface area contributed by atoms with Gasteiger partial charge in [-0.15, -0.1) is 0 Å². The van der Waals surface area contributed by atoms with E-state index in [4.69, 9.17) is 4.74 Å². The lowest BCUT2D eigenvalue weighted by atomic mass is 10.3. The molecular formula is C9H17N2O+. The van der Waals surface area contributed by atoms with Gasteiger partial charge in [-0.1, -0.05) is 0 Å². The Morgan fingerprint density at radius 1 is 1.67 bits per heavy atom. The van der Waals surface area contributed by atoms with Crippen molar-refractivity contribution in [2.24, 2.45) is 7.05 Å². The van der Waals surface area contributed by atoms with Gasteiger partial charge >= 0.3 is 0 Å². The number of hydrogen-bond acceptors (Lipinski definition) is 1. The van der Waals surface area contributed by atoms with E-state index in [1.54, 1.807) is 7.11 Å². The van der Waals surface area contributed by atoms with Crippen LogP contribution in [0.2, 0.25) is 0 Å². The Balaban J connectivity index is 3.01. The molecule has 1 aromatic rings. The summed E-state index contributed by atoms with van der Waals surface area (Å²) < 4.78 is 9.56. The first-order chi connectivity index (χ1) is 5.70. The quantitative estimate of drug-likeness (QED) is 0.618. The second kappa shape index (κ2) is 3.72. The Morgan fingerprint density at radius 3 is 2.83 bits per heavy atom. The molecule has 1 heterocycles. The monoisotopic (exact) mass is 169 g/mol. The van der Waals surface area contributed by atoms with E-state index in [9.17, 15) is 0 Å². The lowest BCUT2D eigenvalue weighted by Gasteiger charge is -2.06. The molecule has 0 spiro atoms. The maximum atomic E-state index is 5.28. The van der Waals surface area contributed by atoms with E-state index in [1.807, 2.05) is 13.2 Å². The van der Waals surface area contributed by atoms with Gasteiger partial charge in [0.15, 0.2) is 6.10 Å². The molecule has 0 aliphatic rings. The largest absolute Gasteiger partial charge is 0.369 e. The van der Waals surface area contributed by atoms with Crippen LogP contribution in [0.25, 0.3) is 0 Å². The summed E-state index contributed by atoms with van der Waals surface area (Å²) in [5.41, 5.74) is 0. The first-order valence-electron chi connectivity index (χ1n) is 4.28. The number of methoxy groups -OCH3 is 1. The van der Waals surface area contributed by atoms with Crippen LogP contribution in [0, 0.1) is 0 Å². The summed E-state index contributed by atoms with van der Waals surface area (Å²) in [6.45, 7) is 5.18. The molecule has 3 nitrogen and oxygen atoms in total. The van der Waals surface area contributed by atoms with E-state index >= 15 is 0 Å². The molecule has 0 fully saturated rings. The van der Waals surface area contributed by atoms with Crippen molar-refractivity contribution < 1.29 is 9.30 Å². The highest BCUT2D eigenvalue weighted by Crippen LogP contribution is 2.10. The fraction of sp³-hybridized carbons (Fsp3) is 0.667. The van der Waals surface area contributed by atoms with Crippen LogP contribution in [0.4, 0.5) is 0 Å². The van der Waals surface area contributed by atoms with Crippen LogP contribution in [0.15, 0.2) is 12.4 Å². The number of aryl methyl sites for hydroxylation is 2. The van der Waals surface area contributed by atoms with E-state index in [2.05, 4.69) is 29.2 Å². The lowest BCUT2D eigenvalue weighted by molar-refractivity contribution is -0.682. The Morgan fingerprint density at radius 2 is 2.33 bits per heavy atom. The molecule has 0 amide bonds. The maximum Gasteiger partial charge on any atom is 0.285 e. The fourth-order valence-corrected chi connectivity index (χ4v) is 1.43. The molecule has 68 valence electrons. The van der Waals surface area contributed by atoms with Crippen molar-refractivity contribution in [2.75, 3.05) is 7.11 Å². The van der Waals surface area contributed by atoms with Gasteiger partial charge in [-0.25, -0.2) is 9.13 Å². The summed E-state index contributed by atoms with van der Waals surface area (Å²) in [6, 6.07) is 0. The molecule has 1 unspecified atom stereocenters. The van der Waals surface area contributed by atoms with Gasteiger partial charge in [0.2, 0.25) is 0 Å². The smallest absolute Gasteiger partial charge is 0.285 e. The first-order valence-corrected chi connectivity index (χ1v) is 4.28. The average Bonchev–Trinajstić information content (AvgIpc) is 2.45. The number of aromatic nitrogens is 2. The van der Waals surface area contributed by atoms with Crippen LogP contribution >= 0.6 is 0 Å². The molecule has 0 radical (unpaired) electrons. The molecule has 3 heteroatoms. The van der Waals surface area contributed by atoms with Gasteiger partial charge < -0.3 is 4.74 Å². The topological polar surface area (TPSA) is 18.0 Å². The predicted octanol–water partition coefficient (Wildman–Crippen LogP) is 1.04. The second-order valence-electron chi connectivity index (χ2n) is 2.93. The van der Waals surface area contributed by atoms with Crippen molar-refractivity contribution in [3.63, 3.8) is 0 Å². The summed E-state index contributed by atoms with van der Waals surface area (Å²) >= 11 is 0. The Hall–Kier alpha value is -0.830. The number of ether oxygens (including phenoxy) is 1. The molecule has 0 aliphatic carbocycles. The summed E-state index contributed by atoms with van der Waals surface area (Å²) in [6.07, 6.45) is 4.28. The third-order valence-corrected chi connectivity index (χ3v) is 2.18. The van der Waals surface area contributed by atoms with Crippen LogP contribution in [0.1, 0.15) is 25.8 Å². The third-order valence-electron chi connectivity index (χ3n) is 2.18. The van der Waals surface area contributed by atoms with Crippen molar-refractivity contribution in [3.8, 4) is 0 Å². The third kappa shape index (κ3) is 1.50. The summed E-state index contributed by atoms with van der Waals surface area (Å²) in [4.78, 5) is 0. The van der Waals surface area contributed by atoms with Gasteiger partial charge in [0.1, 0.15) is 12.4 Å². The zero-order valence-corrected chi connectivity index (χ0v) is 8.24. The highest BCUT2D eigenvalue weighted by atomic mass is 16.5. The second-order valence-corrected chi connectivity index (χ2v) is 2.93. The van der Waals surface area contributed by atoms with Crippen molar-refractivity contribution in [1.29, 1.82) is 0 Å². The Bertz CT molecular complexity index is 255. The number of hydrogen-bond donors (Lipinski definition) is 0. The van der Waals surface area contributed by atoms with Gasteiger partial charge in [-0.3, -0.25) is 0 Å². The maximum absolute atomic E-state index is 5.28. The molecule has 1 rings (SSSR count). The van der Waals surface area contributed by atoms with Crippen molar-refractivity contribution >= 4 is 0 Å². The van der Waals surface area contributed by atoms with Gasteiger partial charge in [-0.05, 0) is 13.8 Å². The zero-order chi connectivity index (χ0) is 9.14. The zero-order valence-electron chi connectivity index (χ0n) is 8.24. The van der Waals surface area contributed by atoms with Crippen LogP contribution < -0.4 is 4.57 Å². The Kier molecular flexibility index (Phi) is 2.87. The summed E-state index contributed by atoms with van der Waals surface area (Å²) in [5.74, 6) is 1.21. The number of imidazole rings is 1. The Labute approximate surface area is 73.6 Å². The molecule has 0 aliphatic heterocycles. The van der Waals surface area contributed by atoms with E-state index in [1.165, 1.54) is 5.82 Å². The van der Waals surface area contributed by atoms with Crippen molar-refractivity contribution in [2.45, 2.75) is 26.5 Å². The molecule has 0 bridgehead atoms. The van der Waals surface area contributed by atoms with Gasteiger partial charge in [0, 0.05) is 7.11 Å². The number of nitrogens with zero attached hydrogens (tertiary/aromatic N) is 2. The van der Waals surface area contributed by atoms with Crippen LogP contribution in [-0.2, 0) is 18.3 Å². The van der Waals surface area contributed by atoms with E-state index < -0.39 is 0 Å². The molecule has 0 saturated heterocycles. The SMILES string of the molecule is CCn1cc[n+](C)c1C(C)OC. The minimum Gasteiger partial charge on any atom is -0.369 e. The van der Waals surface area contributed by atoms with Crippen LogP contribution in [0.3, 0.4) is 0 Å². The average molecular weight is 169 g/mol. The van der Waals surface area contributed by atoms with E-state index in [0.29, 0.717) is 0 Å². The standard InChI is InChI=1S/C9H17N2O/c1-5-11-7-6-10(3)9(11)8(2)12-4/h6-8H,5H2,1-4H3/q+1. The highest BCUT2D eigenvalue weighted by Gasteiger charge is 2.19. The van der Waals surface area contributed by atoms with Crippen molar-refractivity contribution in [3.05, 3.63) is 18.2 Å². The normalized spacial score (nSPS) is 13.3. The fourth-order valence-electron chi connectivity index (χ4n) is 1.43. The van der Waals surface area contributed by atoms with Crippen LogP contribution in [0.5, 0.6) is 0 Å². The van der Waals surface area contributed by atoms with E-state index in [-0.39, 0.29) is 6.10 Å². The van der Waals surface area contributed by atoms with Crippen LogP contribution in [-0.4, -0.2) is 11.7 Å². The first kappa shape index (κ1) is 9.26. The molecule has 0 aromatic carbocycles.